The fourth-order valence-corrected chi connectivity index (χ4v) is 4.41. The summed E-state index contributed by atoms with van der Waals surface area (Å²) in [5, 5.41) is 3.59. The van der Waals surface area contributed by atoms with Crippen LogP contribution in [-0.2, 0) is 11.3 Å². The first kappa shape index (κ1) is 22.8. The summed E-state index contributed by atoms with van der Waals surface area (Å²) in [7, 11) is 3.07. The minimum absolute atomic E-state index is 0.121. The predicted octanol–water partition coefficient (Wildman–Crippen LogP) is 3.15. The molecule has 0 saturated heterocycles. The Labute approximate surface area is 186 Å². The lowest BCUT2D eigenvalue weighted by Gasteiger charge is -2.17. The van der Waals surface area contributed by atoms with E-state index in [2.05, 4.69) is 22.3 Å². The molecule has 0 fully saturated rings. The lowest BCUT2D eigenvalue weighted by atomic mass is 9.97. The molecule has 1 aromatic carbocycles. The van der Waals surface area contributed by atoms with Gasteiger partial charge in [0.2, 0.25) is 5.91 Å². The summed E-state index contributed by atoms with van der Waals surface area (Å²) in [4.78, 5) is 30.1. The molecule has 3 rings (SSSR count). The van der Waals surface area contributed by atoms with Gasteiger partial charge in [0, 0.05) is 12.6 Å². The number of ether oxygens (including phenoxy) is 2. The molecule has 164 valence electrons. The van der Waals surface area contributed by atoms with Crippen molar-refractivity contribution in [3.8, 4) is 23.8 Å². The second kappa shape index (κ2) is 10.9. The van der Waals surface area contributed by atoms with Crippen LogP contribution >= 0.6 is 11.8 Å². The van der Waals surface area contributed by atoms with Crippen LogP contribution in [0.1, 0.15) is 32.1 Å². The smallest absolute Gasteiger partial charge is 0.262 e. The molecule has 0 aliphatic heterocycles. The highest BCUT2D eigenvalue weighted by Gasteiger charge is 2.17. The molecule has 1 aromatic heterocycles. The van der Waals surface area contributed by atoms with Crippen molar-refractivity contribution < 1.29 is 14.3 Å². The third kappa shape index (κ3) is 5.61. The second-order valence-electron chi connectivity index (χ2n) is 7.20. The Morgan fingerprint density at radius 2 is 2.06 bits per heavy atom. The zero-order valence-corrected chi connectivity index (χ0v) is 18.7. The highest BCUT2D eigenvalue weighted by molar-refractivity contribution is 7.99. The predicted molar refractivity (Wildman–Crippen MR) is 123 cm³/mol. The van der Waals surface area contributed by atoms with E-state index in [1.165, 1.54) is 44.4 Å². The van der Waals surface area contributed by atoms with E-state index in [-0.39, 0.29) is 23.8 Å². The van der Waals surface area contributed by atoms with E-state index >= 15 is 0 Å². The molecule has 1 aliphatic carbocycles. The molecule has 0 radical (unpaired) electrons. The van der Waals surface area contributed by atoms with Gasteiger partial charge in [0.1, 0.15) is 0 Å². The molecule has 0 atom stereocenters. The number of rotatable bonds is 9. The lowest BCUT2D eigenvalue weighted by Crippen LogP contribution is -2.27. The van der Waals surface area contributed by atoms with Gasteiger partial charge in [-0.3, -0.25) is 14.2 Å². The Balaban J connectivity index is 1.97. The highest BCUT2D eigenvalue weighted by atomic mass is 32.2. The number of carbonyl (C=O) groups is 1. The van der Waals surface area contributed by atoms with Gasteiger partial charge >= 0.3 is 0 Å². The third-order valence-electron chi connectivity index (χ3n) is 5.19. The van der Waals surface area contributed by atoms with Crippen molar-refractivity contribution in [3.05, 3.63) is 34.1 Å². The maximum atomic E-state index is 13.4. The number of nitrogens with one attached hydrogen (secondary N) is 1. The Hall–Kier alpha value is -2.92. The first-order valence-electron chi connectivity index (χ1n) is 10.2. The summed E-state index contributed by atoms with van der Waals surface area (Å²) in [6, 6.07) is 3.35. The highest BCUT2D eigenvalue weighted by Crippen LogP contribution is 2.31. The van der Waals surface area contributed by atoms with Gasteiger partial charge in [-0.15, -0.1) is 6.42 Å². The number of hydrogen-bond donors (Lipinski definition) is 1. The normalized spacial score (nSPS) is 13.4. The Morgan fingerprint density at radius 3 is 2.74 bits per heavy atom. The van der Waals surface area contributed by atoms with Crippen molar-refractivity contribution in [1.82, 2.24) is 14.9 Å². The van der Waals surface area contributed by atoms with Crippen LogP contribution in [0.15, 0.2) is 33.7 Å². The van der Waals surface area contributed by atoms with E-state index in [4.69, 9.17) is 15.9 Å². The topological polar surface area (TPSA) is 82.5 Å². The average Bonchev–Trinajstić information content (AvgIpc) is 2.80. The monoisotopic (exact) mass is 441 g/mol. The summed E-state index contributed by atoms with van der Waals surface area (Å²) in [5.41, 5.74) is 1.71. The molecule has 0 unspecified atom stereocenters. The minimum atomic E-state index is -0.203. The van der Waals surface area contributed by atoms with E-state index in [0.717, 1.165) is 19.3 Å². The minimum Gasteiger partial charge on any atom is -0.493 e. The molecule has 1 N–H and O–H groups in total. The molecule has 1 amide bonds. The van der Waals surface area contributed by atoms with Crippen LogP contribution in [0.25, 0.3) is 10.9 Å². The van der Waals surface area contributed by atoms with Crippen LogP contribution in [0.5, 0.6) is 11.5 Å². The summed E-state index contributed by atoms with van der Waals surface area (Å²) in [6.07, 6.45) is 12.8. The molecule has 1 heterocycles. The van der Waals surface area contributed by atoms with E-state index in [0.29, 0.717) is 34.1 Å². The van der Waals surface area contributed by atoms with Crippen LogP contribution in [-0.4, -0.2) is 42.0 Å². The number of methoxy groups -OCH3 is 2. The van der Waals surface area contributed by atoms with Gasteiger partial charge in [0.25, 0.3) is 5.56 Å². The fraction of sp³-hybridized carbons (Fsp3) is 0.435. The number of hydrogen-bond acceptors (Lipinski definition) is 6. The summed E-state index contributed by atoms with van der Waals surface area (Å²) in [5.74, 6) is 3.27. The van der Waals surface area contributed by atoms with Crippen LogP contribution in [0.2, 0.25) is 0 Å². The maximum Gasteiger partial charge on any atom is 0.262 e. The first-order valence-corrected chi connectivity index (χ1v) is 11.2. The molecule has 1 aliphatic rings. The van der Waals surface area contributed by atoms with Gasteiger partial charge in [-0.2, -0.15) is 0 Å². The number of aromatic nitrogens is 2. The van der Waals surface area contributed by atoms with Crippen LogP contribution in [0, 0.1) is 12.3 Å². The SMILES string of the molecule is C#CCNC(=O)CSc1nc2cc(OC)c(OC)cc2c(=O)n1CCC1=CCCCC1. The number of nitrogens with zero attached hydrogens (tertiary/aromatic N) is 2. The standard InChI is InChI=1S/C23H27N3O4S/c1-4-11-24-21(27)15-31-23-25-18-14-20(30-3)19(29-2)13-17(18)22(28)26(23)12-10-16-8-6-5-7-9-16/h1,8,13-14H,5-7,9-12,15H2,2-3H3,(H,24,27). The van der Waals surface area contributed by atoms with E-state index in [1.807, 2.05) is 0 Å². The number of terminal acetylenes is 1. The van der Waals surface area contributed by atoms with Gasteiger partial charge < -0.3 is 14.8 Å². The zero-order chi connectivity index (χ0) is 22.2. The van der Waals surface area contributed by atoms with E-state index < -0.39 is 0 Å². The summed E-state index contributed by atoms with van der Waals surface area (Å²) in [6.45, 7) is 0.679. The number of thioether (sulfide) groups is 1. The second-order valence-corrected chi connectivity index (χ2v) is 8.15. The molecule has 0 bridgehead atoms. The van der Waals surface area contributed by atoms with Crippen molar-refractivity contribution in [2.24, 2.45) is 0 Å². The number of fused-ring (bicyclic) bond motifs is 1. The molecule has 0 spiro atoms. The van der Waals surface area contributed by atoms with Crippen LogP contribution < -0.4 is 20.3 Å². The molecular formula is C23H27N3O4S. The van der Waals surface area contributed by atoms with Crippen LogP contribution in [0.3, 0.4) is 0 Å². The summed E-state index contributed by atoms with van der Waals surface area (Å²) < 4.78 is 12.4. The van der Waals surface area contributed by atoms with Crippen molar-refractivity contribution in [3.63, 3.8) is 0 Å². The van der Waals surface area contributed by atoms with Crippen LogP contribution in [0.4, 0.5) is 0 Å². The Bertz CT molecular complexity index is 1080. The maximum absolute atomic E-state index is 13.4. The van der Waals surface area contributed by atoms with Gasteiger partial charge in [-0.05, 0) is 38.2 Å². The average molecular weight is 442 g/mol. The number of benzene rings is 1. The molecule has 2 aromatic rings. The third-order valence-corrected chi connectivity index (χ3v) is 6.16. The molecule has 7 nitrogen and oxygen atoms in total. The van der Waals surface area contributed by atoms with Crippen molar-refractivity contribution >= 4 is 28.6 Å². The molecular weight excluding hydrogens is 414 g/mol. The number of amides is 1. The van der Waals surface area contributed by atoms with E-state index in [1.54, 1.807) is 16.7 Å². The van der Waals surface area contributed by atoms with Crippen molar-refractivity contribution in [2.45, 2.75) is 43.8 Å². The van der Waals surface area contributed by atoms with Gasteiger partial charge in [0.05, 0.1) is 37.4 Å². The largest absolute Gasteiger partial charge is 0.493 e. The molecule has 0 saturated carbocycles. The quantitative estimate of drug-likeness (QED) is 0.279. The zero-order valence-electron chi connectivity index (χ0n) is 17.9. The number of carbonyl (C=O) groups excluding carboxylic acids is 1. The van der Waals surface area contributed by atoms with Gasteiger partial charge in [-0.1, -0.05) is 29.3 Å². The number of allylic oxidation sites excluding steroid dienone is 2. The van der Waals surface area contributed by atoms with Crippen molar-refractivity contribution in [1.29, 1.82) is 0 Å². The Morgan fingerprint density at radius 1 is 1.29 bits per heavy atom. The Kier molecular flexibility index (Phi) is 8.01. The van der Waals surface area contributed by atoms with Crippen molar-refractivity contribution in [2.75, 3.05) is 26.5 Å². The summed E-state index contributed by atoms with van der Waals surface area (Å²) >= 11 is 1.22. The van der Waals surface area contributed by atoms with Gasteiger partial charge in [-0.25, -0.2) is 4.98 Å². The van der Waals surface area contributed by atoms with Gasteiger partial charge in [0.15, 0.2) is 16.7 Å². The first-order chi connectivity index (χ1) is 15.1. The lowest BCUT2D eigenvalue weighted by molar-refractivity contribution is -0.118. The molecule has 8 heteroatoms. The van der Waals surface area contributed by atoms with E-state index in [9.17, 15) is 9.59 Å². The molecule has 31 heavy (non-hydrogen) atoms. The fourth-order valence-electron chi connectivity index (χ4n) is 3.55.